The first-order chi connectivity index (χ1) is 11.0. The maximum atomic E-state index is 11.3. The Bertz CT molecular complexity index is 692. The third kappa shape index (κ3) is 3.30. The fourth-order valence-electron chi connectivity index (χ4n) is 3.00. The first-order valence-corrected chi connectivity index (χ1v) is 7.84. The van der Waals surface area contributed by atoms with Gasteiger partial charge in [-0.3, -0.25) is 10.1 Å². The van der Waals surface area contributed by atoms with Gasteiger partial charge in [0, 0.05) is 18.4 Å². The van der Waals surface area contributed by atoms with E-state index in [-0.39, 0.29) is 11.4 Å². The smallest absolute Gasteiger partial charge is 0.319 e. The lowest BCUT2D eigenvalue weighted by Crippen LogP contribution is -2.26. The minimum atomic E-state index is -0.459. The summed E-state index contributed by atoms with van der Waals surface area (Å²) in [4.78, 5) is 26.5. The third-order valence-corrected chi connectivity index (χ3v) is 4.31. The van der Waals surface area contributed by atoms with Crippen LogP contribution in [-0.2, 0) is 0 Å². The van der Waals surface area contributed by atoms with Gasteiger partial charge < -0.3 is 10.3 Å². The van der Waals surface area contributed by atoms with E-state index in [4.69, 9.17) is 0 Å². The van der Waals surface area contributed by atoms with E-state index < -0.39 is 4.92 Å². The van der Waals surface area contributed by atoms with Crippen LogP contribution in [0.3, 0.4) is 0 Å². The van der Waals surface area contributed by atoms with Crippen molar-refractivity contribution in [3.8, 4) is 11.5 Å². The number of nitro groups is 1. The van der Waals surface area contributed by atoms with Crippen molar-refractivity contribution in [3.63, 3.8) is 0 Å². The maximum Gasteiger partial charge on any atom is 0.319 e. The molecule has 0 bridgehead atoms. The summed E-state index contributed by atoms with van der Waals surface area (Å²) in [6.45, 7) is 3.89. The summed E-state index contributed by atoms with van der Waals surface area (Å²) in [5.74, 6) is 1.56. The number of aromatic nitrogens is 4. The highest BCUT2D eigenvalue weighted by Crippen LogP contribution is 2.30. The Kier molecular flexibility index (Phi) is 4.22. The average Bonchev–Trinajstić information content (AvgIpc) is 3.03. The fourth-order valence-corrected chi connectivity index (χ4v) is 3.00. The van der Waals surface area contributed by atoms with Crippen LogP contribution in [0.1, 0.15) is 38.3 Å². The Morgan fingerprint density at radius 3 is 2.65 bits per heavy atom. The Labute approximate surface area is 133 Å². The molecule has 1 aliphatic rings. The second-order valence-electron chi connectivity index (χ2n) is 6.13. The topological polar surface area (TPSA) is 110 Å². The van der Waals surface area contributed by atoms with Crippen LogP contribution in [0.5, 0.6) is 0 Å². The number of aromatic amines is 1. The van der Waals surface area contributed by atoms with Gasteiger partial charge in [-0.15, -0.1) is 0 Å². The van der Waals surface area contributed by atoms with Gasteiger partial charge in [-0.1, -0.05) is 6.92 Å². The van der Waals surface area contributed by atoms with E-state index in [9.17, 15) is 10.1 Å². The maximum absolute atomic E-state index is 11.3. The quantitative estimate of drug-likeness (QED) is 0.662. The van der Waals surface area contributed by atoms with E-state index in [2.05, 4.69) is 32.2 Å². The second kappa shape index (κ2) is 6.31. The molecule has 0 aliphatic heterocycles. The standard InChI is InChI=1S/C15H20N6O2/c1-9-3-5-11(6-4-9)19-15-18-10(2)13(21(22)23)12(20-15)14-16-7-8-17-14/h7-9,11H,3-6H2,1-2H3,(H,16,17)(H,18,19,20). The molecule has 1 saturated carbocycles. The molecule has 122 valence electrons. The Hall–Kier alpha value is -2.51. The normalized spacial score (nSPS) is 21.1. The number of H-pyrrole nitrogens is 1. The lowest BCUT2D eigenvalue weighted by Gasteiger charge is -2.27. The highest BCUT2D eigenvalue weighted by atomic mass is 16.6. The van der Waals surface area contributed by atoms with Crippen molar-refractivity contribution in [1.82, 2.24) is 19.9 Å². The minimum Gasteiger partial charge on any atom is -0.351 e. The molecule has 1 aliphatic carbocycles. The molecule has 0 unspecified atom stereocenters. The van der Waals surface area contributed by atoms with Crippen molar-refractivity contribution in [2.75, 3.05) is 5.32 Å². The van der Waals surface area contributed by atoms with Gasteiger partial charge >= 0.3 is 5.69 Å². The predicted octanol–water partition coefficient (Wildman–Crippen LogP) is 3.07. The summed E-state index contributed by atoms with van der Waals surface area (Å²) >= 11 is 0. The molecule has 2 heterocycles. The summed E-state index contributed by atoms with van der Waals surface area (Å²) in [6.07, 6.45) is 7.65. The van der Waals surface area contributed by atoms with Gasteiger partial charge in [0.05, 0.1) is 4.92 Å². The molecule has 0 spiro atoms. The Balaban J connectivity index is 1.92. The van der Waals surface area contributed by atoms with Crippen LogP contribution in [0.25, 0.3) is 11.5 Å². The van der Waals surface area contributed by atoms with Crippen LogP contribution in [0, 0.1) is 23.0 Å². The second-order valence-corrected chi connectivity index (χ2v) is 6.13. The molecule has 1 fully saturated rings. The van der Waals surface area contributed by atoms with Gasteiger partial charge in [0.2, 0.25) is 5.95 Å². The summed E-state index contributed by atoms with van der Waals surface area (Å²) in [6, 6.07) is 0.316. The van der Waals surface area contributed by atoms with E-state index in [1.807, 2.05) is 0 Å². The van der Waals surface area contributed by atoms with Crippen molar-refractivity contribution >= 4 is 11.6 Å². The molecular weight excluding hydrogens is 296 g/mol. The third-order valence-electron chi connectivity index (χ3n) is 4.31. The largest absolute Gasteiger partial charge is 0.351 e. The van der Waals surface area contributed by atoms with Crippen LogP contribution >= 0.6 is 0 Å². The molecule has 8 heteroatoms. The van der Waals surface area contributed by atoms with Gasteiger partial charge in [0.15, 0.2) is 11.5 Å². The summed E-state index contributed by atoms with van der Waals surface area (Å²) in [5.41, 5.74) is 0.449. The molecule has 0 aromatic carbocycles. The molecule has 8 nitrogen and oxygen atoms in total. The Morgan fingerprint density at radius 2 is 2.04 bits per heavy atom. The number of hydrogen-bond donors (Lipinski definition) is 2. The van der Waals surface area contributed by atoms with Crippen LogP contribution in [0.2, 0.25) is 0 Å². The van der Waals surface area contributed by atoms with Gasteiger partial charge in [-0.25, -0.2) is 15.0 Å². The van der Waals surface area contributed by atoms with Crippen LogP contribution < -0.4 is 5.32 Å². The summed E-state index contributed by atoms with van der Waals surface area (Å²) in [7, 11) is 0. The van der Waals surface area contributed by atoms with E-state index in [1.165, 1.54) is 12.8 Å². The van der Waals surface area contributed by atoms with E-state index >= 15 is 0 Å². The molecular formula is C15H20N6O2. The van der Waals surface area contributed by atoms with Gasteiger partial charge in [0.25, 0.3) is 0 Å². The lowest BCUT2D eigenvalue weighted by molar-refractivity contribution is -0.385. The zero-order valence-electron chi connectivity index (χ0n) is 13.2. The molecule has 23 heavy (non-hydrogen) atoms. The number of rotatable bonds is 4. The van der Waals surface area contributed by atoms with Gasteiger partial charge in [-0.05, 0) is 38.5 Å². The molecule has 3 rings (SSSR count). The number of aryl methyl sites for hydroxylation is 1. The SMILES string of the molecule is Cc1nc(NC2CCC(C)CC2)nc(-c2ncc[nH]2)c1[N+](=O)[O-]. The molecule has 2 aromatic heterocycles. The Morgan fingerprint density at radius 1 is 1.30 bits per heavy atom. The van der Waals surface area contributed by atoms with Crippen LogP contribution in [-0.4, -0.2) is 30.9 Å². The summed E-state index contributed by atoms with van der Waals surface area (Å²) in [5, 5.41) is 14.7. The number of anilines is 1. The zero-order valence-corrected chi connectivity index (χ0v) is 13.2. The lowest BCUT2D eigenvalue weighted by atomic mass is 9.87. The minimum absolute atomic E-state index is 0.109. The van der Waals surface area contributed by atoms with Gasteiger partial charge in [-0.2, -0.15) is 0 Å². The number of nitrogens with zero attached hydrogens (tertiary/aromatic N) is 4. The van der Waals surface area contributed by atoms with Crippen molar-refractivity contribution in [3.05, 3.63) is 28.2 Å². The number of nitrogens with one attached hydrogen (secondary N) is 2. The number of imidazole rings is 1. The number of hydrogen-bond acceptors (Lipinski definition) is 6. The molecule has 0 atom stereocenters. The van der Waals surface area contributed by atoms with Crippen molar-refractivity contribution in [2.45, 2.75) is 45.6 Å². The van der Waals surface area contributed by atoms with Crippen molar-refractivity contribution in [1.29, 1.82) is 0 Å². The predicted molar refractivity (Wildman–Crippen MR) is 86.0 cm³/mol. The van der Waals surface area contributed by atoms with Crippen molar-refractivity contribution in [2.24, 2.45) is 5.92 Å². The van der Waals surface area contributed by atoms with Crippen LogP contribution in [0.4, 0.5) is 11.6 Å². The van der Waals surface area contributed by atoms with Crippen molar-refractivity contribution < 1.29 is 4.92 Å². The fraction of sp³-hybridized carbons (Fsp3) is 0.533. The van der Waals surface area contributed by atoms with E-state index in [1.54, 1.807) is 19.3 Å². The van der Waals surface area contributed by atoms with E-state index in [0.717, 1.165) is 18.8 Å². The molecule has 0 saturated heterocycles. The monoisotopic (exact) mass is 316 g/mol. The first-order valence-electron chi connectivity index (χ1n) is 7.84. The van der Waals surface area contributed by atoms with E-state index in [0.29, 0.717) is 23.5 Å². The molecule has 0 amide bonds. The molecule has 2 aromatic rings. The molecule has 0 radical (unpaired) electrons. The zero-order chi connectivity index (χ0) is 16.4. The van der Waals surface area contributed by atoms with Gasteiger partial charge in [0.1, 0.15) is 5.69 Å². The highest BCUT2D eigenvalue weighted by molar-refractivity contribution is 5.66. The average molecular weight is 316 g/mol. The highest BCUT2D eigenvalue weighted by Gasteiger charge is 2.26. The molecule has 2 N–H and O–H groups in total. The van der Waals surface area contributed by atoms with Crippen LogP contribution in [0.15, 0.2) is 12.4 Å². The summed E-state index contributed by atoms with van der Waals surface area (Å²) < 4.78 is 0. The first kappa shape index (κ1) is 15.4.